The van der Waals surface area contributed by atoms with Gasteiger partial charge in [-0.3, -0.25) is 4.79 Å². The lowest BCUT2D eigenvalue weighted by molar-refractivity contribution is -0.137. The van der Waals surface area contributed by atoms with Crippen LogP contribution >= 0.6 is 0 Å². The van der Waals surface area contributed by atoms with Crippen molar-refractivity contribution in [2.75, 3.05) is 33.5 Å². The number of nitrogens with one attached hydrogen (secondary N) is 1. The molecule has 0 aliphatic heterocycles. The Labute approximate surface area is 268 Å². The van der Waals surface area contributed by atoms with E-state index in [4.69, 9.17) is 4.79 Å². The SMILES string of the molecule is C=C\C(C)=C/C(=C(/C=C(/c1cnc(C(/C=N\N(C)C)=C/C=O)nc1)N(C)C)CC)[C@@H](C)Nc1ccc(F)cc1C(F)(F)F.CC=O. The van der Waals surface area contributed by atoms with Crippen molar-refractivity contribution in [3.63, 3.8) is 0 Å². The van der Waals surface area contributed by atoms with Crippen molar-refractivity contribution < 1.29 is 27.2 Å². The molecule has 1 heterocycles. The van der Waals surface area contributed by atoms with Gasteiger partial charge in [0.05, 0.1) is 11.8 Å². The van der Waals surface area contributed by atoms with Gasteiger partial charge in [0.2, 0.25) is 0 Å². The van der Waals surface area contributed by atoms with Crippen molar-refractivity contribution >= 4 is 35.7 Å². The van der Waals surface area contributed by atoms with Gasteiger partial charge >= 0.3 is 6.18 Å². The first-order chi connectivity index (χ1) is 21.6. The van der Waals surface area contributed by atoms with Crippen molar-refractivity contribution in [1.82, 2.24) is 19.9 Å². The molecular weight excluding hydrogens is 600 g/mol. The number of halogens is 4. The maximum atomic E-state index is 13.7. The number of allylic oxidation sites excluding steroid dienone is 6. The Kier molecular flexibility index (Phi) is 16.0. The maximum absolute atomic E-state index is 13.7. The summed E-state index contributed by atoms with van der Waals surface area (Å²) in [5.41, 5.74) is 2.93. The minimum atomic E-state index is -4.74. The zero-order valence-corrected chi connectivity index (χ0v) is 27.5. The van der Waals surface area contributed by atoms with Crippen LogP contribution in [0.5, 0.6) is 0 Å². The number of hydrazone groups is 1. The van der Waals surface area contributed by atoms with Crippen molar-refractivity contribution in [2.24, 2.45) is 5.10 Å². The van der Waals surface area contributed by atoms with Gasteiger partial charge in [0.25, 0.3) is 0 Å². The monoisotopic (exact) mass is 642 g/mol. The van der Waals surface area contributed by atoms with Gasteiger partial charge in [-0.25, -0.2) is 14.4 Å². The van der Waals surface area contributed by atoms with Crippen LogP contribution in [-0.4, -0.2) is 72.9 Å². The first-order valence-corrected chi connectivity index (χ1v) is 14.3. The van der Waals surface area contributed by atoms with E-state index >= 15 is 0 Å². The number of carbonyl (C=O) groups excluding carboxylic acids is 2. The number of hydrogen-bond donors (Lipinski definition) is 1. The van der Waals surface area contributed by atoms with Gasteiger partial charge in [0, 0.05) is 69.1 Å². The fourth-order valence-electron chi connectivity index (χ4n) is 4.05. The molecule has 1 N–H and O–H groups in total. The first-order valence-electron chi connectivity index (χ1n) is 14.3. The zero-order chi connectivity index (χ0) is 35.0. The Hall–Kier alpha value is -4.87. The second-order valence-electron chi connectivity index (χ2n) is 10.3. The van der Waals surface area contributed by atoms with Crippen LogP contribution in [0.1, 0.15) is 51.1 Å². The number of carbonyl (C=O) groups is 2. The van der Waals surface area contributed by atoms with E-state index in [2.05, 4.69) is 27.0 Å². The summed E-state index contributed by atoms with van der Waals surface area (Å²) in [4.78, 5) is 30.7. The minimum Gasteiger partial charge on any atom is -0.378 e. The number of nitrogens with zero attached hydrogens (tertiary/aromatic N) is 5. The lowest BCUT2D eigenvalue weighted by Crippen LogP contribution is -2.22. The molecule has 0 saturated carbocycles. The zero-order valence-electron chi connectivity index (χ0n) is 27.5. The average Bonchev–Trinajstić information content (AvgIpc) is 2.99. The van der Waals surface area contributed by atoms with Crippen LogP contribution in [0.4, 0.5) is 23.2 Å². The van der Waals surface area contributed by atoms with Crippen molar-refractivity contribution in [3.8, 4) is 0 Å². The van der Waals surface area contributed by atoms with E-state index < -0.39 is 23.6 Å². The molecule has 0 radical (unpaired) electrons. The summed E-state index contributed by atoms with van der Waals surface area (Å²) in [6.07, 6.45) is 8.72. The molecule has 2 rings (SSSR count). The van der Waals surface area contributed by atoms with Gasteiger partial charge in [-0.2, -0.15) is 18.3 Å². The summed E-state index contributed by atoms with van der Waals surface area (Å²) in [6, 6.07) is 1.98. The molecule has 0 unspecified atom stereocenters. The quantitative estimate of drug-likeness (QED) is 0.0617. The summed E-state index contributed by atoms with van der Waals surface area (Å²) in [5, 5.41) is 8.67. The van der Waals surface area contributed by atoms with Crippen LogP contribution < -0.4 is 5.32 Å². The van der Waals surface area contributed by atoms with E-state index in [1.165, 1.54) is 19.2 Å². The van der Waals surface area contributed by atoms with Gasteiger partial charge in [-0.05, 0) is 68.7 Å². The average molecular weight is 643 g/mol. The molecule has 0 amide bonds. The number of anilines is 1. The van der Waals surface area contributed by atoms with Gasteiger partial charge in [-0.15, -0.1) is 0 Å². The topological polar surface area (TPSA) is 90.8 Å². The number of alkyl halides is 3. The molecule has 0 bridgehead atoms. The van der Waals surface area contributed by atoms with Gasteiger partial charge in [0.15, 0.2) is 5.82 Å². The summed E-state index contributed by atoms with van der Waals surface area (Å²) in [7, 11) is 7.21. The maximum Gasteiger partial charge on any atom is 0.418 e. The van der Waals surface area contributed by atoms with Gasteiger partial charge < -0.3 is 20.0 Å². The standard InChI is InChI=1S/C32H38F4N6O.C2H4O/c1-9-21(3)15-27(22(4)40-29-12-11-26(33)17-28(29)32(34,35)36)23(10-2)16-30(41(5)6)25-18-37-31(38-19-25)24(13-14-43)20-39-42(7)8;1-2-3/h9,11-20,22,40H,1,10H2,2-8H3;2H,1H3/b21-15-,24-13+,27-23-,30-16-,39-20-;/t22-;/m1./s1. The van der Waals surface area contributed by atoms with Crippen molar-refractivity contribution in [1.29, 1.82) is 0 Å². The molecule has 2 aromatic rings. The highest BCUT2D eigenvalue weighted by Crippen LogP contribution is 2.36. The molecule has 1 atom stereocenters. The van der Waals surface area contributed by atoms with Crippen molar-refractivity contribution in [2.45, 2.75) is 46.3 Å². The number of hydrogen-bond acceptors (Lipinski definition) is 8. The fraction of sp³-hybridized carbons (Fsp3) is 0.324. The third-order valence-electron chi connectivity index (χ3n) is 6.26. The van der Waals surface area contributed by atoms with E-state index in [1.54, 1.807) is 44.5 Å². The molecule has 0 spiro atoms. The minimum absolute atomic E-state index is 0.225. The van der Waals surface area contributed by atoms with Crippen LogP contribution in [0, 0.1) is 5.82 Å². The van der Waals surface area contributed by atoms with Crippen LogP contribution in [0.2, 0.25) is 0 Å². The van der Waals surface area contributed by atoms with Crippen LogP contribution in [0.15, 0.2) is 83.3 Å². The smallest absolute Gasteiger partial charge is 0.378 e. The number of rotatable bonds is 13. The van der Waals surface area contributed by atoms with E-state index in [1.807, 2.05) is 45.0 Å². The Bertz CT molecular complexity index is 1490. The van der Waals surface area contributed by atoms with Gasteiger partial charge in [0.1, 0.15) is 18.4 Å². The molecule has 1 aromatic heterocycles. The molecule has 46 heavy (non-hydrogen) atoms. The molecule has 0 aliphatic rings. The Morgan fingerprint density at radius 2 is 1.72 bits per heavy atom. The molecule has 8 nitrogen and oxygen atoms in total. The number of aldehydes is 2. The summed E-state index contributed by atoms with van der Waals surface area (Å²) in [6.45, 7) is 10.8. The van der Waals surface area contributed by atoms with Crippen LogP contribution in [0.3, 0.4) is 0 Å². The molecule has 12 heteroatoms. The van der Waals surface area contributed by atoms with Gasteiger partial charge in [-0.1, -0.05) is 31.2 Å². The molecule has 0 fully saturated rings. The summed E-state index contributed by atoms with van der Waals surface area (Å²) >= 11 is 0. The highest BCUT2D eigenvalue weighted by Gasteiger charge is 2.34. The third kappa shape index (κ3) is 12.3. The normalized spacial score (nSPS) is 13.7. The second kappa shape index (κ2) is 18.8. The van der Waals surface area contributed by atoms with Crippen LogP contribution in [-0.2, 0) is 15.8 Å². The molecule has 0 saturated heterocycles. The van der Waals surface area contributed by atoms with E-state index in [-0.39, 0.29) is 5.69 Å². The predicted molar refractivity (Wildman–Crippen MR) is 177 cm³/mol. The number of benzene rings is 1. The highest BCUT2D eigenvalue weighted by molar-refractivity contribution is 6.11. The molecule has 1 aromatic carbocycles. The second-order valence-corrected chi connectivity index (χ2v) is 10.3. The van der Waals surface area contributed by atoms with E-state index in [0.717, 1.165) is 40.8 Å². The fourth-order valence-corrected chi connectivity index (χ4v) is 4.05. The molecule has 248 valence electrons. The van der Waals surface area contributed by atoms with E-state index in [9.17, 15) is 22.4 Å². The highest BCUT2D eigenvalue weighted by atomic mass is 19.4. The predicted octanol–water partition coefficient (Wildman–Crippen LogP) is 7.21. The van der Waals surface area contributed by atoms with Crippen LogP contribution in [0.25, 0.3) is 11.3 Å². The summed E-state index contributed by atoms with van der Waals surface area (Å²) in [5.74, 6) is -0.655. The van der Waals surface area contributed by atoms with E-state index in [0.29, 0.717) is 35.7 Å². The Balaban J connectivity index is 0.00000338. The largest absolute Gasteiger partial charge is 0.418 e. The summed E-state index contributed by atoms with van der Waals surface area (Å²) < 4.78 is 54.9. The number of aromatic nitrogens is 2. The lowest BCUT2D eigenvalue weighted by Gasteiger charge is -2.24. The Morgan fingerprint density at radius 3 is 2.20 bits per heavy atom. The lowest BCUT2D eigenvalue weighted by atomic mass is 9.95. The molecular formula is C34H42F4N6O2. The third-order valence-corrected chi connectivity index (χ3v) is 6.26. The molecule has 0 aliphatic carbocycles. The first kappa shape index (κ1) is 39.2. The Morgan fingerprint density at radius 1 is 1.11 bits per heavy atom. The van der Waals surface area contributed by atoms with Crippen molar-refractivity contribution in [3.05, 3.63) is 101 Å².